The summed E-state index contributed by atoms with van der Waals surface area (Å²) in [5.74, 6) is 0. The topological polar surface area (TPSA) is 73.4 Å². The third-order valence-electron chi connectivity index (χ3n) is 2.39. The molecule has 18 heavy (non-hydrogen) atoms. The second-order valence-corrected chi connectivity index (χ2v) is 4.01. The summed E-state index contributed by atoms with van der Waals surface area (Å²) in [6.45, 7) is 1.97. The molecular weight excluding hydrogens is 248 g/mol. The lowest BCUT2D eigenvalue weighted by Crippen LogP contribution is -1.98. The van der Waals surface area contributed by atoms with E-state index in [1.807, 2.05) is 37.3 Å². The summed E-state index contributed by atoms with van der Waals surface area (Å²) < 4.78 is 0. The predicted molar refractivity (Wildman–Crippen MR) is 66.6 cm³/mol. The van der Waals surface area contributed by atoms with Crippen LogP contribution in [0, 0.1) is 29.6 Å². The van der Waals surface area contributed by atoms with Crippen molar-refractivity contribution in [3.05, 3.63) is 46.4 Å². The summed E-state index contributed by atoms with van der Waals surface area (Å²) in [4.78, 5) is 7.96. The molecule has 2 rings (SSSR count). The normalized spacial score (nSPS) is 9.56. The SMILES string of the molecule is Cc1ccc(-c2nc(C#N)c(C#N)nc2Cl)cc1. The lowest BCUT2D eigenvalue weighted by molar-refractivity contribution is 1.13. The summed E-state index contributed by atoms with van der Waals surface area (Å²) in [7, 11) is 0. The van der Waals surface area contributed by atoms with Crippen molar-refractivity contribution in [1.29, 1.82) is 10.5 Å². The third kappa shape index (κ3) is 2.15. The number of halogens is 1. The number of hydrogen-bond donors (Lipinski definition) is 0. The lowest BCUT2D eigenvalue weighted by atomic mass is 10.1. The standard InChI is InChI=1S/C13H7ClN4/c1-8-2-4-9(5-3-8)12-13(14)18-11(7-16)10(6-15)17-12/h2-5H,1H3. The Bertz CT molecular complexity index is 678. The number of aromatic nitrogens is 2. The van der Waals surface area contributed by atoms with Crippen LogP contribution < -0.4 is 0 Å². The number of nitriles is 2. The molecular formula is C13H7ClN4. The molecule has 0 aliphatic carbocycles. The van der Waals surface area contributed by atoms with E-state index in [0.717, 1.165) is 11.1 Å². The predicted octanol–water partition coefficient (Wildman–Crippen LogP) is 2.85. The quantitative estimate of drug-likeness (QED) is 0.784. The van der Waals surface area contributed by atoms with Gasteiger partial charge in [0.25, 0.3) is 0 Å². The van der Waals surface area contributed by atoms with Gasteiger partial charge in [-0.2, -0.15) is 10.5 Å². The van der Waals surface area contributed by atoms with E-state index < -0.39 is 0 Å². The Morgan fingerprint density at radius 1 is 1.00 bits per heavy atom. The van der Waals surface area contributed by atoms with E-state index in [4.69, 9.17) is 22.1 Å². The van der Waals surface area contributed by atoms with Gasteiger partial charge in [-0.1, -0.05) is 41.4 Å². The molecule has 0 saturated carbocycles. The molecule has 2 aromatic rings. The molecule has 1 aromatic heterocycles. The fraction of sp³-hybridized carbons (Fsp3) is 0.0769. The molecule has 5 heteroatoms. The minimum atomic E-state index is -0.0571. The highest BCUT2D eigenvalue weighted by Gasteiger charge is 2.13. The molecule has 0 amide bonds. The minimum absolute atomic E-state index is 0.0162. The van der Waals surface area contributed by atoms with Crippen LogP contribution in [-0.4, -0.2) is 9.97 Å². The summed E-state index contributed by atoms with van der Waals surface area (Å²) in [5, 5.41) is 17.8. The number of aryl methyl sites for hydroxylation is 1. The van der Waals surface area contributed by atoms with Crippen LogP contribution in [0.4, 0.5) is 0 Å². The fourth-order valence-corrected chi connectivity index (χ4v) is 1.70. The molecule has 0 atom stereocenters. The first-order chi connectivity index (χ1) is 8.65. The van der Waals surface area contributed by atoms with Gasteiger partial charge < -0.3 is 0 Å². The van der Waals surface area contributed by atoms with E-state index in [9.17, 15) is 0 Å². The van der Waals surface area contributed by atoms with Gasteiger partial charge in [-0.3, -0.25) is 0 Å². The van der Waals surface area contributed by atoms with Crippen molar-refractivity contribution < 1.29 is 0 Å². The monoisotopic (exact) mass is 254 g/mol. The van der Waals surface area contributed by atoms with E-state index in [1.54, 1.807) is 6.07 Å². The van der Waals surface area contributed by atoms with Crippen molar-refractivity contribution >= 4 is 11.6 Å². The number of rotatable bonds is 1. The Hall–Kier alpha value is -2.43. The molecule has 0 spiro atoms. The van der Waals surface area contributed by atoms with Gasteiger partial charge in [0.05, 0.1) is 0 Å². The van der Waals surface area contributed by atoms with E-state index in [1.165, 1.54) is 0 Å². The number of benzene rings is 1. The van der Waals surface area contributed by atoms with Crippen molar-refractivity contribution in [2.24, 2.45) is 0 Å². The summed E-state index contributed by atoms with van der Waals surface area (Å²) in [6, 6.07) is 11.2. The first-order valence-corrected chi connectivity index (χ1v) is 5.48. The molecule has 0 saturated heterocycles. The number of hydrogen-bond acceptors (Lipinski definition) is 4. The van der Waals surface area contributed by atoms with E-state index >= 15 is 0 Å². The van der Waals surface area contributed by atoms with Gasteiger partial charge in [0.2, 0.25) is 0 Å². The largest absolute Gasteiger partial charge is 0.231 e. The van der Waals surface area contributed by atoms with Gasteiger partial charge >= 0.3 is 0 Å². The van der Waals surface area contributed by atoms with Crippen molar-refractivity contribution in [1.82, 2.24) is 9.97 Å². The zero-order chi connectivity index (χ0) is 13.1. The van der Waals surface area contributed by atoms with Crippen molar-refractivity contribution in [3.63, 3.8) is 0 Å². The molecule has 0 aliphatic heterocycles. The first kappa shape index (κ1) is 12.0. The smallest absolute Gasteiger partial charge is 0.178 e. The molecule has 0 radical (unpaired) electrons. The van der Waals surface area contributed by atoms with Gasteiger partial charge in [0.1, 0.15) is 17.8 Å². The highest BCUT2D eigenvalue weighted by molar-refractivity contribution is 6.31. The zero-order valence-electron chi connectivity index (χ0n) is 9.48. The minimum Gasteiger partial charge on any atom is -0.231 e. The van der Waals surface area contributed by atoms with E-state index in [-0.39, 0.29) is 16.5 Å². The van der Waals surface area contributed by atoms with Gasteiger partial charge in [0, 0.05) is 5.56 Å². The fourth-order valence-electron chi connectivity index (χ4n) is 1.47. The molecule has 0 fully saturated rings. The molecule has 0 N–H and O–H groups in total. The van der Waals surface area contributed by atoms with Crippen LogP contribution in [0.5, 0.6) is 0 Å². The molecule has 0 aliphatic rings. The zero-order valence-corrected chi connectivity index (χ0v) is 10.2. The van der Waals surface area contributed by atoms with Crippen LogP contribution in [0.2, 0.25) is 5.15 Å². The van der Waals surface area contributed by atoms with Crippen LogP contribution in [0.3, 0.4) is 0 Å². The highest BCUT2D eigenvalue weighted by Crippen LogP contribution is 2.25. The van der Waals surface area contributed by atoms with Crippen LogP contribution in [0.1, 0.15) is 17.0 Å². The Morgan fingerprint density at radius 2 is 1.56 bits per heavy atom. The molecule has 4 nitrogen and oxygen atoms in total. The highest BCUT2D eigenvalue weighted by atomic mass is 35.5. The van der Waals surface area contributed by atoms with Crippen LogP contribution in [0.25, 0.3) is 11.3 Å². The van der Waals surface area contributed by atoms with Crippen LogP contribution in [0.15, 0.2) is 24.3 Å². The number of nitrogens with zero attached hydrogens (tertiary/aromatic N) is 4. The lowest BCUT2D eigenvalue weighted by Gasteiger charge is -2.04. The molecule has 86 valence electrons. The Kier molecular flexibility index (Phi) is 3.23. The Morgan fingerprint density at radius 3 is 2.11 bits per heavy atom. The third-order valence-corrected chi connectivity index (χ3v) is 2.65. The van der Waals surface area contributed by atoms with Crippen molar-refractivity contribution in [2.45, 2.75) is 6.92 Å². The molecule has 1 heterocycles. The second-order valence-electron chi connectivity index (χ2n) is 3.65. The second kappa shape index (κ2) is 4.83. The summed E-state index contributed by atoms with van der Waals surface area (Å²) >= 11 is 5.98. The van der Waals surface area contributed by atoms with Crippen molar-refractivity contribution in [3.8, 4) is 23.4 Å². The van der Waals surface area contributed by atoms with Gasteiger partial charge in [-0.15, -0.1) is 0 Å². The molecule has 0 unspecified atom stereocenters. The van der Waals surface area contributed by atoms with Gasteiger partial charge in [-0.25, -0.2) is 9.97 Å². The van der Waals surface area contributed by atoms with Crippen LogP contribution in [-0.2, 0) is 0 Å². The van der Waals surface area contributed by atoms with E-state index in [2.05, 4.69) is 9.97 Å². The van der Waals surface area contributed by atoms with E-state index in [0.29, 0.717) is 5.69 Å². The average Bonchev–Trinajstić information content (AvgIpc) is 2.39. The molecule has 1 aromatic carbocycles. The first-order valence-electron chi connectivity index (χ1n) is 5.10. The van der Waals surface area contributed by atoms with Gasteiger partial charge in [0.15, 0.2) is 16.5 Å². The summed E-state index contributed by atoms with van der Waals surface area (Å²) in [5.41, 5.74) is 2.21. The van der Waals surface area contributed by atoms with Crippen molar-refractivity contribution in [2.75, 3.05) is 0 Å². The Labute approximate surface area is 109 Å². The van der Waals surface area contributed by atoms with Gasteiger partial charge in [-0.05, 0) is 6.92 Å². The Balaban J connectivity index is 2.63. The van der Waals surface area contributed by atoms with Crippen LogP contribution >= 0.6 is 11.6 Å². The maximum atomic E-state index is 8.91. The maximum Gasteiger partial charge on any atom is 0.178 e. The molecule has 0 bridgehead atoms. The average molecular weight is 255 g/mol. The maximum absolute atomic E-state index is 8.91. The summed E-state index contributed by atoms with van der Waals surface area (Å²) in [6.07, 6.45) is 0.